The minimum atomic E-state index is -4.42. The average Bonchev–Trinajstić information content (AvgIpc) is 3.44. The molecule has 0 saturated heterocycles. The zero-order chi connectivity index (χ0) is 28.6. The van der Waals surface area contributed by atoms with Gasteiger partial charge in [0.15, 0.2) is 0 Å². The molecule has 0 atom stereocenters. The van der Waals surface area contributed by atoms with Crippen LogP contribution in [0.3, 0.4) is 0 Å². The van der Waals surface area contributed by atoms with Crippen LogP contribution in [0.4, 0.5) is 19.1 Å². The van der Waals surface area contributed by atoms with Crippen molar-refractivity contribution in [1.29, 1.82) is 0 Å². The molecule has 3 heterocycles. The fourth-order valence-electron chi connectivity index (χ4n) is 5.16. The van der Waals surface area contributed by atoms with Crippen molar-refractivity contribution < 1.29 is 17.7 Å². The van der Waals surface area contributed by atoms with Gasteiger partial charge in [-0.25, -0.2) is 4.98 Å². The van der Waals surface area contributed by atoms with Gasteiger partial charge in [0.2, 0.25) is 17.7 Å². The Balaban J connectivity index is 1.24. The topological polar surface area (TPSA) is 103 Å². The Labute approximate surface area is 232 Å². The first-order valence-electron chi connectivity index (χ1n) is 13.0. The van der Waals surface area contributed by atoms with E-state index >= 15 is 0 Å². The lowest BCUT2D eigenvalue weighted by atomic mass is 9.97. The second kappa shape index (κ2) is 10.7. The van der Waals surface area contributed by atoms with Crippen LogP contribution in [0.25, 0.3) is 11.4 Å². The van der Waals surface area contributed by atoms with Crippen molar-refractivity contribution in [3.05, 3.63) is 129 Å². The molecule has 5 aromatic rings. The van der Waals surface area contributed by atoms with Crippen LogP contribution in [-0.4, -0.2) is 31.1 Å². The van der Waals surface area contributed by atoms with Crippen LogP contribution in [-0.2, 0) is 25.7 Å². The first-order valence-corrected chi connectivity index (χ1v) is 13.0. The molecule has 11 heteroatoms. The van der Waals surface area contributed by atoms with E-state index in [9.17, 15) is 18.0 Å². The summed E-state index contributed by atoms with van der Waals surface area (Å²) in [6.45, 7) is 1.19. The number of benzene rings is 3. The molecule has 0 saturated carbocycles. The lowest BCUT2D eigenvalue weighted by Gasteiger charge is -2.29. The second-order valence-electron chi connectivity index (χ2n) is 9.84. The molecule has 2 N–H and O–H groups in total. The molecule has 6 rings (SSSR count). The van der Waals surface area contributed by atoms with Gasteiger partial charge in [0.05, 0.1) is 23.8 Å². The first kappa shape index (κ1) is 26.5. The number of hydrogen-bond donors (Lipinski definition) is 1. The SMILES string of the molecule is Nc1nc2c(c(=O)n1C(c1ccccc1)c1ccccc1)CCN(Cc1nc(-c3ccc(C(F)(F)F)cc3)no1)C2. The Hall–Kier alpha value is -4.77. The van der Waals surface area contributed by atoms with Crippen molar-refractivity contribution in [3.63, 3.8) is 0 Å². The Morgan fingerprint density at radius 2 is 1.54 bits per heavy atom. The maximum absolute atomic E-state index is 13.8. The van der Waals surface area contributed by atoms with E-state index in [1.54, 1.807) is 4.57 Å². The monoisotopic (exact) mass is 558 g/mol. The van der Waals surface area contributed by atoms with Crippen molar-refractivity contribution >= 4 is 5.95 Å². The molecule has 0 aliphatic carbocycles. The summed E-state index contributed by atoms with van der Waals surface area (Å²) in [5.41, 5.74) is 8.99. The standard InChI is InChI=1S/C30H25F3N6O2/c31-30(32,33)22-13-11-21(12-14-22)27-36-25(41-37-27)18-38-16-15-23-24(17-38)35-29(34)39(28(23)40)26(19-7-3-1-4-8-19)20-9-5-2-6-10-20/h1-14,26H,15-18H2,(H2,34,35). The number of nitrogen functional groups attached to an aromatic ring is 1. The Morgan fingerprint density at radius 3 is 2.15 bits per heavy atom. The normalized spacial score (nSPS) is 13.9. The summed E-state index contributed by atoms with van der Waals surface area (Å²) in [7, 11) is 0. The smallest absolute Gasteiger partial charge is 0.369 e. The van der Waals surface area contributed by atoms with Gasteiger partial charge < -0.3 is 10.3 Å². The maximum Gasteiger partial charge on any atom is 0.416 e. The van der Waals surface area contributed by atoms with Crippen molar-refractivity contribution in [2.45, 2.75) is 31.7 Å². The number of fused-ring (bicyclic) bond motifs is 1. The Morgan fingerprint density at radius 1 is 0.902 bits per heavy atom. The lowest BCUT2D eigenvalue weighted by molar-refractivity contribution is -0.137. The van der Waals surface area contributed by atoms with Gasteiger partial charge in [-0.2, -0.15) is 18.2 Å². The Bertz CT molecular complexity index is 1680. The van der Waals surface area contributed by atoms with E-state index in [2.05, 4.69) is 15.1 Å². The van der Waals surface area contributed by atoms with Crippen LogP contribution in [0.15, 0.2) is 94.2 Å². The highest BCUT2D eigenvalue weighted by Crippen LogP contribution is 2.31. The van der Waals surface area contributed by atoms with Gasteiger partial charge in [-0.3, -0.25) is 14.3 Å². The van der Waals surface area contributed by atoms with Gasteiger partial charge in [0.25, 0.3) is 5.56 Å². The second-order valence-corrected chi connectivity index (χ2v) is 9.84. The number of alkyl halides is 3. The van der Waals surface area contributed by atoms with Crippen LogP contribution in [0, 0.1) is 0 Å². The van der Waals surface area contributed by atoms with E-state index in [4.69, 9.17) is 10.3 Å². The molecule has 1 aliphatic heterocycles. The fraction of sp³-hybridized carbons (Fsp3) is 0.200. The van der Waals surface area contributed by atoms with Gasteiger partial charge in [0.1, 0.15) is 0 Å². The molecule has 2 aromatic heterocycles. The number of nitrogens with two attached hydrogens (primary N) is 1. The summed E-state index contributed by atoms with van der Waals surface area (Å²) < 4.78 is 45.5. The zero-order valence-electron chi connectivity index (χ0n) is 21.8. The van der Waals surface area contributed by atoms with Crippen molar-refractivity contribution in [1.82, 2.24) is 24.6 Å². The number of hydrogen-bond acceptors (Lipinski definition) is 7. The van der Waals surface area contributed by atoms with Gasteiger partial charge >= 0.3 is 6.18 Å². The van der Waals surface area contributed by atoms with E-state index in [-0.39, 0.29) is 23.9 Å². The van der Waals surface area contributed by atoms with Crippen molar-refractivity contribution in [3.8, 4) is 11.4 Å². The number of aromatic nitrogens is 4. The summed E-state index contributed by atoms with van der Waals surface area (Å²) in [5, 5.41) is 3.92. The maximum atomic E-state index is 13.8. The third-order valence-electron chi connectivity index (χ3n) is 7.16. The molecule has 0 amide bonds. The van der Waals surface area contributed by atoms with E-state index < -0.39 is 17.8 Å². The average molecular weight is 559 g/mol. The number of nitrogens with zero attached hydrogens (tertiary/aromatic N) is 5. The molecule has 3 aromatic carbocycles. The molecule has 0 unspecified atom stereocenters. The Kier molecular flexibility index (Phi) is 6.88. The van der Waals surface area contributed by atoms with Crippen LogP contribution >= 0.6 is 0 Å². The van der Waals surface area contributed by atoms with Gasteiger partial charge in [-0.05, 0) is 29.7 Å². The number of anilines is 1. The van der Waals surface area contributed by atoms with Crippen molar-refractivity contribution in [2.75, 3.05) is 12.3 Å². The summed E-state index contributed by atoms with van der Waals surface area (Å²) in [4.78, 5) is 24.9. The van der Waals surface area contributed by atoms with E-state index in [0.717, 1.165) is 23.3 Å². The number of halogens is 3. The molecule has 0 fully saturated rings. The molecule has 1 aliphatic rings. The van der Waals surface area contributed by atoms with Gasteiger partial charge in [-0.1, -0.05) is 78.0 Å². The molecule has 0 bridgehead atoms. The molecular formula is C30H25F3N6O2. The molecule has 0 radical (unpaired) electrons. The highest BCUT2D eigenvalue weighted by Gasteiger charge is 2.31. The fourth-order valence-corrected chi connectivity index (χ4v) is 5.16. The lowest BCUT2D eigenvalue weighted by Crippen LogP contribution is -2.39. The van der Waals surface area contributed by atoms with Crippen molar-refractivity contribution in [2.24, 2.45) is 0 Å². The molecule has 0 spiro atoms. The van der Waals surface area contributed by atoms with E-state index in [0.29, 0.717) is 42.2 Å². The van der Waals surface area contributed by atoms with Gasteiger partial charge in [0, 0.05) is 24.2 Å². The van der Waals surface area contributed by atoms with Crippen LogP contribution in [0.1, 0.15) is 39.9 Å². The molecular weight excluding hydrogens is 533 g/mol. The van der Waals surface area contributed by atoms with Crippen LogP contribution in [0.5, 0.6) is 0 Å². The van der Waals surface area contributed by atoms with E-state index in [1.807, 2.05) is 65.6 Å². The van der Waals surface area contributed by atoms with Gasteiger partial charge in [-0.15, -0.1) is 0 Å². The number of rotatable bonds is 6. The minimum Gasteiger partial charge on any atom is -0.369 e. The highest BCUT2D eigenvalue weighted by molar-refractivity contribution is 5.54. The molecule has 208 valence electrons. The summed E-state index contributed by atoms with van der Waals surface area (Å²) in [5.74, 6) is 0.623. The highest BCUT2D eigenvalue weighted by atomic mass is 19.4. The predicted octanol–water partition coefficient (Wildman–Crippen LogP) is 5.09. The molecule has 8 nitrogen and oxygen atoms in total. The minimum absolute atomic E-state index is 0.121. The zero-order valence-corrected chi connectivity index (χ0v) is 21.8. The summed E-state index contributed by atoms with van der Waals surface area (Å²) in [6, 6.07) is 23.6. The third-order valence-corrected chi connectivity index (χ3v) is 7.16. The summed E-state index contributed by atoms with van der Waals surface area (Å²) in [6.07, 6.45) is -3.96. The largest absolute Gasteiger partial charge is 0.416 e. The van der Waals surface area contributed by atoms with E-state index in [1.165, 1.54) is 12.1 Å². The molecule has 41 heavy (non-hydrogen) atoms. The third kappa shape index (κ3) is 5.36. The van der Waals surface area contributed by atoms with Crippen LogP contribution < -0.4 is 11.3 Å². The quantitative estimate of drug-likeness (QED) is 0.310. The predicted molar refractivity (Wildman–Crippen MR) is 146 cm³/mol. The summed E-state index contributed by atoms with van der Waals surface area (Å²) >= 11 is 0. The van der Waals surface area contributed by atoms with Crippen LogP contribution in [0.2, 0.25) is 0 Å². The first-order chi connectivity index (χ1) is 19.8.